The van der Waals surface area contributed by atoms with Crippen LogP contribution in [-0.4, -0.2) is 8.42 Å². The fraction of sp³-hybridized carbons (Fsp3) is 0.0769. The van der Waals surface area contributed by atoms with Crippen molar-refractivity contribution in [3.8, 4) is 0 Å². The Labute approximate surface area is 119 Å². The number of hydrogen-bond acceptors (Lipinski definition) is 3. The van der Waals surface area contributed by atoms with E-state index in [0.717, 1.165) is 18.2 Å². The summed E-state index contributed by atoms with van der Waals surface area (Å²) in [5, 5.41) is 0.192. The fourth-order valence-electron chi connectivity index (χ4n) is 1.71. The number of benzene rings is 2. The van der Waals surface area contributed by atoms with Crippen molar-refractivity contribution >= 4 is 27.1 Å². The van der Waals surface area contributed by atoms with E-state index in [9.17, 15) is 17.2 Å². The Morgan fingerprint density at radius 1 is 1.10 bits per heavy atom. The van der Waals surface area contributed by atoms with Gasteiger partial charge in [0.1, 0.15) is 11.6 Å². The van der Waals surface area contributed by atoms with Crippen LogP contribution in [0.2, 0.25) is 5.02 Å². The Balaban J connectivity index is 2.46. The van der Waals surface area contributed by atoms with E-state index in [1.54, 1.807) is 0 Å². The molecule has 0 atom stereocenters. The molecule has 2 aromatic rings. The van der Waals surface area contributed by atoms with Gasteiger partial charge in [-0.25, -0.2) is 17.2 Å². The zero-order valence-electron chi connectivity index (χ0n) is 10.1. The van der Waals surface area contributed by atoms with Gasteiger partial charge in [-0.3, -0.25) is 0 Å². The van der Waals surface area contributed by atoms with Gasteiger partial charge in [0, 0.05) is 10.6 Å². The standard InChI is InChI=1S/C13H10ClF2NO2S/c14-9-1-4-12(17)13(6-9)20(18,19)7-8-5-10(15)2-3-11(8)16/h1-6H,7,17H2. The summed E-state index contributed by atoms with van der Waals surface area (Å²) in [6.07, 6.45) is 0. The molecule has 2 aromatic carbocycles. The first-order valence-electron chi connectivity index (χ1n) is 5.51. The third kappa shape index (κ3) is 3.08. The van der Waals surface area contributed by atoms with Gasteiger partial charge in [-0.15, -0.1) is 0 Å². The molecule has 0 radical (unpaired) electrons. The molecule has 7 heteroatoms. The molecule has 0 heterocycles. The average Bonchev–Trinajstić information content (AvgIpc) is 2.36. The highest BCUT2D eigenvalue weighted by molar-refractivity contribution is 7.90. The van der Waals surface area contributed by atoms with Crippen molar-refractivity contribution in [3.05, 3.63) is 58.6 Å². The first-order valence-corrected chi connectivity index (χ1v) is 7.54. The molecule has 0 aliphatic carbocycles. The Hall–Kier alpha value is -1.66. The van der Waals surface area contributed by atoms with Crippen molar-refractivity contribution in [1.29, 1.82) is 0 Å². The van der Waals surface area contributed by atoms with Crippen molar-refractivity contribution in [3.63, 3.8) is 0 Å². The van der Waals surface area contributed by atoms with Crippen molar-refractivity contribution in [2.75, 3.05) is 5.73 Å². The van der Waals surface area contributed by atoms with E-state index in [1.807, 2.05) is 0 Å². The smallest absolute Gasteiger partial charge is 0.184 e. The number of hydrogen-bond donors (Lipinski definition) is 1. The van der Waals surface area contributed by atoms with Crippen LogP contribution < -0.4 is 5.73 Å². The van der Waals surface area contributed by atoms with Crippen LogP contribution in [0.1, 0.15) is 5.56 Å². The molecular weight excluding hydrogens is 308 g/mol. The second kappa shape index (κ2) is 5.38. The minimum absolute atomic E-state index is 0.00575. The summed E-state index contributed by atoms with van der Waals surface area (Å²) in [5.41, 5.74) is 5.34. The van der Waals surface area contributed by atoms with Gasteiger partial charge in [-0.1, -0.05) is 11.6 Å². The highest BCUT2D eigenvalue weighted by Gasteiger charge is 2.21. The van der Waals surface area contributed by atoms with Crippen LogP contribution in [0.5, 0.6) is 0 Å². The van der Waals surface area contributed by atoms with E-state index < -0.39 is 27.2 Å². The first-order chi connectivity index (χ1) is 9.29. The predicted octanol–water partition coefficient (Wildman–Crippen LogP) is 3.17. The topological polar surface area (TPSA) is 60.2 Å². The molecule has 2 rings (SSSR count). The third-order valence-electron chi connectivity index (χ3n) is 2.66. The lowest BCUT2D eigenvalue weighted by molar-refractivity contribution is 0.579. The maximum absolute atomic E-state index is 13.5. The maximum Gasteiger partial charge on any atom is 0.184 e. The molecule has 0 aliphatic rings. The number of sulfone groups is 1. The van der Waals surface area contributed by atoms with Crippen molar-refractivity contribution in [2.24, 2.45) is 0 Å². The highest BCUT2D eigenvalue weighted by atomic mass is 35.5. The monoisotopic (exact) mass is 317 g/mol. The van der Waals surface area contributed by atoms with Crippen molar-refractivity contribution in [2.45, 2.75) is 10.6 Å². The SMILES string of the molecule is Nc1ccc(Cl)cc1S(=O)(=O)Cc1cc(F)ccc1F. The summed E-state index contributed by atoms with van der Waals surface area (Å²) in [6, 6.07) is 6.60. The summed E-state index contributed by atoms with van der Waals surface area (Å²) in [5.74, 6) is -2.20. The number of anilines is 1. The van der Waals surface area contributed by atoms with Crippen molar-refractivity contribution < 1.29 is 17.2 Å². The Morgan fingerprint density at radius 2 is 1.80 bits per heavy atom. The Bertz CT molecular complexity index is 763. The predicted molar refractivity (Wildman–Crippen MR) is 73.1 cm³/mol. The Kier molecular flexibility index (Phi) is 3.96. The van der Waals surface area contributed by atoms with Crippen LogP contribution in [0, 0.1) is 11.6 Å². The van der Waals surface area contributed by atoms with Gasteiger partial charge < -0.3 is 5.73 Å². The molecule has 0 spiro atoms. The van der Waals surface area contributed by atoms with Crippen LogP contribution in [0.3, 0.4) is 0 Å². The first kappa shape index (κ1) is 14.7. The molecule has 2 N–H and O–H groups in total. The van der Waals surface area contributed by atoms with E-state index >= 15 is 0 Å². The summed E-state index contributed by atoms with van der Waals surface area (Å²) < 4.78 is 51.0. The normalized spacial score (nSPS) is 11.6. The largest absolute Gasteiger partial charge is 0.398 e. The fourth-order valence-corrected chi connectivity index (χ4v) is 3.47. The minimum Gasteiger partial charge on any atom is -0.398 e. The molecule has 3 nitrogen and oxygen atoms in total. The summed E-state index contributed by atoms with van der Waals surface area (Å²) in [6.45, 7) is 0. The van der Waals surface area contributed by atoms with Crippen LogP contribution in [0.4, 0.5) is 14.5 Å². The summed E-state index contributed by atoms with van der Waals surface area (Å²) >= 11 is 5.73. The molecular formula is C13H10ClF2NO2S. The molecule has 0 unspecified atom stereocenters. The molecule has 20 heavy (non-hydrogen) atoms. The van der Waals surface area contributed by atoms with Gasteiger partial charge in [0.2, 0.25) is 0 Å². The van der Waals surface area contributed by atoms with E-state index in [2.05, 4.69) is 0 Å². The second-order valence-electron chi connectivity index (χ2n) is 4.18. The van der Waals surface area contributed by atoms with Gasteiger partial charge in [0.15, 0.2) is 9.84 Å². The van der Waals surface area contributed by atoms with E-state index in [1.165, 1.54) is 18.2 Å². The van der Waals surface area contributed by atoms with Crippen LogP contribution in [0.15, 0.2) is 41.3 Å². The number of nitrogens with two attached hydrogens (primary N) is 1. The molecule has 0 aliphatic heterocycles. The molecule has 106 valence electrons. The van der Waals surface area contributed by atoms with Gasteiger partial charge in [0.05, 0.1) is 16.3 Å². The number of halogens is 3. The molecule has 0 aromatic heterocycles. The number of rotatable bonds is 3. The third-order valence-corrected chi connectivity index (χ3v) is 4.61. The minimum atomic E-state index is -3.92. The summed E-state index contributed by atoms with van der Waals surface area (Å²) in [7, 11) is -3.92. The van der Waals surface area contributed by atoms with E-state index in [-0.39, 0.29) is 21.2 Å². The van der Waals surface area contributed by atoms with Gasteiger partial charge in [-0.05, 0) is 36.4 Å². The van der Waals surface area contributed by atoms with E-state index in [0.29, 0.717) is 0 Å². The zero-order valence-corrected chi connectivity index (χ0v) is 11.7. The average molecular weight is 318 g/mol. The number of nitrogen functional groups attached to an aromatic ring is 1. The molecule has 0 amide bonds. The van der Waals surface area contributed by atoms with Gasteiger partial charge in [0.25, 0.3) is 0 Å². The lowest BCUT2D eigenvalue weighted by atomic mass is 10.2. The second-order valence-corrected chi connectivity index (χ2v) is 6.57. The zero-order chi connectivity index (χ0) is 14.9. The quantitative estimate of drug-likeness (QED) is 0.884. The maximum atomic E-state index is 13.5. The van der Waals surface area contributed by atoms with Crippen molar-refractivity contribution in [1.82, 2.24) is 0 Å². The molecule has 0 saturated heterocycles. The Morgan fingerprint density at radius 3 is 2.50 bits per heavy atom. The van der Waals surface area contributed by atoms with Crippen LogP contribution in [0.25, 0.3) is 0 Å². The van der Waals surface area contributed by atoms with Gasteiger partial charge in [-0.2, -0.15) is 0 Å². The highest BCUT2D eigenvalue weighted by Crippen LogP contribution is 2.26. The molecule has 0 bridgehead atoms. The van der Waals surface area contributed by atoms with E-state index in [4.69, 9.17) is 17.3 Å². The molecule has 0 saturated carbocycles. The molecule has 0 fully saturated rings. The lowest BCUT2D eigenvalue weighted by Gasteiger charge is -2.09. The lowest BCUT2D eigenvalue weighted by Crippen LogP contribution is -2.09. The van der Waals surface area contributed by atoms with Crippen LogP contribution >= 0.6 is 11.6 Å². The van der Waals surface area contributed by atoms with Gasteiger partial charge >= 0.3 is 0 Å². The van der Waals surface area contributed by atoms with Crippen LogP contribution in [-0.2, 0) is 15.6 Å². The summed E-state index contributed by atoms with van der Waals surface area (Å²) in [4.78, 5) is -0.200.